The lowest BCUT2D eigenvalue weighted by atomic mass is 10.0. The van der Waals surface area contributed by atoms with Gasteiger partial charge in [-0.3, -0.25) is 4.79 Å². The number of hydrogen-bond acceptors (Lipinski definition) is 2. The minimum atomic E-state index is 0.185. The first-order valence-electron chi connectivity index (χ1n) is 6.73. The Bertz CT molecular complexity index is 438. The molecule has 3 nitrogen and oxygen atoms in total. The molecule has 1 saturated heterocycles. The Kier molecular flexibility index (Phi) is 4.02. The second-order valence-corrected chi connectivity index (χ2v) is 5.06. The van der Waals surface area contributed by atoms with Gasteiger partial charge in [0, 0.05) is 25.2 Å². The molecule has 0 saturated carbocycles. The average Bonchev–Trinajstić information content (AvgIpc) is 2.29. The molecule has 1 aliphatic rings. The van der Waals surface area contributed by atoms with Crippen LogP contribution in [0.1, 0.15) is 34.8 Å². The first-order chi connectivity index (χ1) is 8.65. The van der Waals surface area contributed by atoms with Crippen molar-refractivity contribution in [3.05, 3.63) is 34.9 Å². The van der Waals surface area contributed by atoms with Gasteiger partial charge in [-0.05, 0) is 37.5 Å². The average molecular weight is 246 g/mol. The smallest absolute Gasteiger partial charge is 0.254 e. The van der Waals surface area contributed by atoms with Crippen molar-refractivity contribution in [2.24, 2.45) is 0 Å². The number of hydrogen-bond donors (Lipinski definition) is 1. The number of aryl methyl sites for hydroxylation is 1. The minimum absolute atomic E-state index is 0.185. The highest BCUT2D eigenvalue weighted by Crippen LogP contribution is 2.18. The molecule has 3 heteroatoms. The van der Waals surface area contributed by atoms with Crippen LogP contribution < -0.4 is 5.32 Å². The Morgan fingerprint density at radius 3 is 2.67 bits per heavy atom. The first kappa shape index (κ1) is 13.1. The molecule has 18 heavy (non-hydrogen) atoms. The van der Waals surface area contributed by atoms with E-state index in [-0.39, 0.29) is 5.91 Å². The van der Waals surface area contributed by atoms with E-state index in [4.69, 9.17) is 0 Å². The standard InChI is InChI=1S/C15H22N2O/c1-4-8-17(13-9-16-10-13)15(18)14-7-5-6-11(2)12(14)3/h5-7,13,16H,4,8-10H2,1-3H3. The van der Waals surface area contributed by atoms with E-state index >= 15 is 0 Å². The van der Waals surface area contributed by atoms with E-state index in [1.54, 1.807) is 0 Å². The van der Waals surface area contributed by atoms with Crippen molar-refractivity contribution in [2.45, 2.75) is 33.2 Å². The second kappa shape index (κ2) is 5.53. The lowest BCUT2D eigenvalue weighted by Crippen LogP contribution is -2.59. The van der Waals surface area contributed by atoms with Gasteiger partial charge in [-0.15, -0.1) is 0 Å². The van der Waals surface area contributed by atoms with Crippen LogP contribution in [0, 0.1) is 13.8 Å². The molecule has 0 radical (unpaired) electrons. The van der Waals surface area contributed by atoms with Gasteiger partial charge in [0.05, 0.1) is 6.04 Å². The fourth-order valence-electron chi connectivity index (χ4n) is 2.32. The summed E-state index contributed by atoms with van der Waals surface area (Å²) >= 11 is 0. The monoisotopic (exact) mass is 246 g/mol. The maximum atomic E-state index is 12.6. The van der Waals surface area contributed by atoms with E-state index in [2.05, 4.69) is 25.2 Å². The Hall–Kier alpha value is -1.35. The molecule has 0 aromatic heterocycles. The molecule has 1 heterocycles. The minimum Gasteiger partial charge on any atom is -0.333 e. The second-order valence-electron chi connectivity index (χ2n) is 5.06. The van der Waals surface area contributed by atoms with Crippen molar-refractivity contribution in [3.8, 4) is 0 Å². The van der Waals surface area contributed by atoms with Gasteiger partial charge in [-0.2, -0.15) is 0 Å². The van der Waals surface area contributed by atoms with Gasteiger partial charge < -0.3 is 10.2 Å². The number of nitrogens with one attached hydrogen (secondary N) is 1. The molecule has 1 fully saturated rings. The van der Waals surface area contributed by atoms with Gasteiger partial charge >= 0.3 is 0 Å². The Morgan fingerprint density at radius 2 is 2.11 bits per heavy atom. The van der Waals surface area contributed by atoms with Crippen molar-refractivity contribution in [3.63, 3.8) is 0 Å². The van der Waals surface area contributed by atoms with Crippen LogP contribution in [0.2, 0.25) is 0 Å². The Balaban J connectivity index is 2.24. The molecule has 1 N–H and O–H groups in total. The summed E-state index contributed by atoms with van der Waals surface area (Å²) < 4.78 is 0. The van der Waals surface area contributed by atoms with E-state index in [0.29, 0.717) is 6.04 Å². The summed E-state index contributed by atoms with van der Waals surface area (Å²) in [6.45, 7) is 8.91. The summed E-state index contributed by atoms with van der Waals surface area (Å²) in [6.07, 6.45) is 1.01. The topological polar surface area (TPSA) is 32.3 Å². The summed E-state index contributed by atoms with van der Waals surface area (Å²) in [5.74, 6) is 0.185. The highest BCUT2D eigenvalue weighted by atomic mass is 16.2. The van der Waals surface area contributed by atoms with Gasteiger partial charge in [-0.1, -0.05) is 19.1 Å². The summed E-state index contributed by atoms with van der Waals surface area (Å²) in [6, 6.07) is 6.34. The molecule has 0 unspecified atom stereocenters. The van der Waals surface area contributed by atoms with Gasteiger partial charge in [-0.25, -0.2) is 0 Å². The quantitative estimate of drug-likeness (QED) is 0.882. The predicted molar refractivity (Wildman–Crippen MR) is 73.9 cm³/mol. The van der Waals surface area contributed by atoms with E-state index in [1.165, 1.54) is 5.56 Å². The van der Waals surface area contributed by atoms with Gasteiger partial charge in [0.25, 0.3) is 5.91 Å². The summed E-state index contributed by atoms with van der Waals surface area (Å²) in [4.78, 5) is 14.7. The molecule has 0 bridgehead atoms. The molecule has 1 aromatic carbocycles. The SMILES string of the molecule is CCCN(C(=O)c1cccc(C)c1C)C1CNC1. The molecule has 98 valence electrons. The number of carbonyl (C=O) groups excluding carboxylic acids is 1. The molecule has 0 atom stereocenters. The van der Waals surface area contributed by atoms with Crippen LogP contribution in [0.5, 0.6) is 0 Å². The van der Waals surface area contributed by atoms with Crippen molar-refractivity contribution in [2.75, 3.05) is 19.6 Å². The normalized spacial score (nSPS) is 15.3. The number of nitrogens with zero attached hydrogens (tertiary/aromatic N) is 1. The van der Waals surface area contributed by atoms with Gasteiger partial charge in [0.15, 0.2) is 0 Å². The molecule has 1 aliphatic heterocycles. The molecular weight excluding hydrogens is 224 g/mol. The largest absolute Gasteiger partial charge is 0.333 e. The van der Waals surface area contributed by atoms with Crippen LogP contribution in [0.4, 0.5) is 0 Å². The third-order valence-corrected chi connectivity index (χ3v) is 3.76. The summed E-state index contributed by atoms with van der Waals surface area (Å²) in [5, 5.41) is 3.24. The van der Waals surface area contributed by atoms with Crippen LogP contribution in [-0.2, 0) is 0 Å². The Labute approximate surface area is 109 Å². The maximum absolute atomic E-state index is 12.6. The van der Waals surface area contributed by atoms with Crippen molar-refractivity contribution in [1.82, 2.24) is 10.2 Å². The fourth-order valence-corrected chi connectivity index (χ4v) is 2.32. The number of rotatable bonds is 4. The highest BCUT2D eigenvalue weighted by Gasteiger charge is 2.29. The molecule has 0 spiro atoms. The van der Waals surface area contributed by atoms with Gasteiger partial charge in [0.1, 0.15) is 0 Å². The number of carbonyl (C=O) groups is 1. The highest BCUT2D eigenvalue weighted by molar-refractivity contribution is 5.96. The van der Waals surface area contributed by atoms with Crippen LogP contribution in [0.15, 0.2) is 18.2 Å². The Morgan fingerprint density at radius 1 is 1.39 bits per heavy atom. The lowest BCUT2D eigenvalue weighted by Gasteiger charge is -2.38. The van der Waals surface area contributed by atoms with Crippen LogP contribution in [0.3, 0.4) is 0 Å². The van der Waals surface area contributed by atoms with Crippen LogP contribution >= 0.6 is 0 Å². The maximum Gasteiger partial charge on any atom is 0.254 e. The zero-order valence-corrected chi connectivity index (χ0v) is 11.5. The van der Waals surface area contributed by atoms with Crippen LogP contribution in [-0.4, -0.2) is 36.5 Å². The number of benzene rings is 1. The zero-order chi connectivity index (χ0) is 13.1. The van der Waals surface area contributed by atoms with E-state index in [0.717, 1.165) is 37.2 Å². The molecule has 1 amide bonds. The fraction of sp³-hybridized carbons (Fsp3) is 0.533. The van der Waals surface area contributed by atoms with Crippen molar-refractivity contribution in [1.29, 1.82) is 0 Å². The summed E-state index contributed by atoms with van der Waals surface area (Å²) in [5.41, 5.74) is 3.15. The molecular formula is C15H22N2O. The molecule has 2 rings (SSSR count). The lowest BCUT2D eigenvalue weighted by molar-refractivity contribution is 0.0615. The predicted octanol–water partition coefficient (Wildman–Crippen LogP) is 2.13. The van der Waals surface area contributed by atoms with Crippen LogP contribution in [0.25, 0.3) is 0 Å². The third kappa shape index (κ3) is 2.41. The van der Waals surface area contributed by atoms with E-state index < -0.39 is 0 Å². The van der Waals surface area contributed by atoms with Crippen molar-refractivity contribution >= 4 is 5.91 Å². The molecule has 1 aromatic rings. The zero-order valence-electron chi connectivity index (χ0n) is 11.5. The van der Waals surface area contributed by atoms with Crippen molar-refractivity contribution < 1.29 is 4.79 Å². The summed E-state index contributed by atoms with van der Waals surface area (Å²) in [7, 11) is 0. The van der Waals surface area contributed by atoms with E-state index in [9.17, 15) is 4.79 Å². The number of amides is 1. The first-order valence-corrected chi connectivity index (χ1v) is 6.73. The molecule has 0 aliphatic carbocycles. The van der Waals surface area contributed by atoms with Gasteiger partial charge in [0.2, 0.25) is 0 Å². The third-order valence-electron chi connectivity index (χ3n) is 3.76. The van der Waals surface area contributed by atoms with E-state index in [1.807, 2.05) is 24.0 Å².